The highest BCUT2D eigenvalue weighted by Crippen LogP contribution is 2.37. The molecule has 2 amide bonds. The number of fused-ring (bicyclic) bond motifs is 1. The van der Waals surface area contributed by atoms with Gasteiger partial charge in [-0.2, -0.15) is 0 Å². The van der Waals surface area contributed by atoms with Crippen LogP contribution in [0.15, 0.2) is 72.8 Å². The zero-order chi connectivity index (χ0) is 23.2. The van der Waals surface area contributed by atoms with Crippen LogP contribution in [0.2, 0.25) is 0 Å². The van der Waals surface area contributed by atoms with Crippen molar-refractivity contribution in [2.24, 2.45) is 0 Å². The van der Waals surface area contributed by atoms with Gasteiger partial charge in [0, 0.05) is 19.5 Å². The van der Waals surface area contributed by atoms with Gasteiger partial charge >= 0.3 is 0 Å². The Balaban J connectivity index is 1.48. The number of hydrogen-bond donors (Lipinski definition) is 1. The van der Waals surface area contributed by atoms with Crippen molar-refractivity contribution in [3.05, 3.63) is 101 Å². The van der Waals surface area contributed by atoms with Crippen LogP contribution in [0.3, 0.4) is 0 Å². The Morgan fingerprint density at radius 1 is 1.03 bits per heavy atom. The Kier molecular flexibility index (Phi) is 7.08. The zero-order valence-electron chi connectivity index (χ0n) is 19.2. The second kappa shape index (κ2) is 10.3. The predicted octanol–water partition coefficient (Wildman–Crippen LogP) is 4.57. The summed E-state index contributed by atoms with van der Waals surface area (Å²) in [5.74, 6) is 0.596. The Hall–Kier alpha value is -3.60. The summed E-state index contributed by atoms with van der Waals surface area (Å²) >= 11 is 0. The number of nitrogens with one attached hydrogen (secondary N) is 1. The summed E-state index contributed by atoms with van der Waals surface area (Å²) in [6.07, 6.45) is 1.28. The van der Waals surface area contributed by atoms with Crippen molar-refractivity contribution in [1.82, 2.24) is 10.2 Å². The average molecular weight is 443 g/mol. The largest absolute Gasteiger partial charge is 0.484 e. The molecule has 3 aromatic rings. The molecule has 0 aliphatic carbocycles. The molecule has 5 heteroatoms. The second-order valence-corrected chi connectivity index (χ2v) is 8.42. The van der Waals surface area contributed by atoms with Crippen molar-refractivity contribution in [2.45, 2.75) is 39.3 Å². The van der Waals surface area contributed by atoms with E-state index in [1.165, 1.54) is 5.56 Å². The van der Waals surface area contributed by atoms with E-state index in [-0.39, 0.29) is 24.5 Å². The van der Waals surface area contributed by atoms with Crippen LogP contribution in [0.25, 0.3) is 0 Å². The topological polar surface area (TPSA) is 58.6 Å². The minimum Gasteiger partial charge on any atom is -0.484 e. The number of carbonyl (C=O) groups is 2. The van der Waals surface area contributed by atoms with E-state index in [4.69, 9.17) is 4.74 Å². The number of rotatable bonds is 7. The summed E-state index contributed by atoms with van der Waals surface area (Å²) in [5, 5.41) is 2.91. The summed E-state index contributed by atoms with van der Waals surface area (Å²) < 4.78 is 5.84. The number of hydrogen-bond acceptors (Lipinski definition) is 3. The maximum absolute atomic E-state index is 12.7. The number of carbonyl (C=O) groups excluding carboxylic acids is 2. The number of nitrogens with zero attached hydrogens (tertiary/aromatic N) is 1. The Morgan fingerprint density at radius 2 is 1.85 bits per heavy atom. The molecule has 1 heterocycles. The van der Waals surface area contributed by atoms with Gasteiger partial charge in [0.25, 0.3) is 5.91 Å². The highest BCUT2D eigenvalue weighted by atomic mass is 16.5. The van der Waals surface area contributed by atoms with Crippen molar-refractivity contribution in [3.8, 4) is 5.75 Å². The normalized spacial score (nSPS) is 15.0. The molecule has 0 fully saturated rings. The first-order valence-electron chi connectivity index (χ1n) is 11.5. The number of benzene rings is 3. The van der Waals surface area contributed by atoms with Gasteiger partial charge in [0.1, 0.15) is 5.75 Å². The number of amides is 2. The first-order chi connectivity index (χ1) is 16.0. The van der Waals surface area contributed by atoms with Gasteiger partial charge in [-0.1, -0.05) is 73.2 Å². The van der Waals surface area contributed by atoms with E-state index in [9.17, 15) is 9.59 Å². The summed E-state index contributed by atoms with van der Waals surface area (Å²) in [5.41, 5.74) is 5.57. The molecule has 1 atom stereocenters. The third kappa shape index (κ3) is 5.43. The standard InChI is InChI=1S/C28H30N2O3/c1-3-27(32)30-15-14-22-12-13-24(17-25(22)28(30)23-10-5-4-6-11-23)33-19-26(31)29-18-21-9-7-8-20(2)16-21/h4-13,16-17,28H,3,14-15,18-19H2,1-2H3,(H,29,31). The molecular weight excluding hydrogens is 412 g/mol. The van der Waals surface area contributed by atoms with E-state index in [2.05, 4.69) is 29.6 Å². The van der Waals surface area contributed by atoms with Gasteiger partial charge in [-0.15, -0.1) is 0 Å². The molecule has 4 rings (SSSR count). The van der Waals surface area contributed by atoms with Gasteiger partial charge in [0.05, 0.1) is 6.04 Å². The Labute approximate surface area is 195 Å². The molecule has 1 aliphatic rings. The number of ether oxygens (including phenoxy) is 1. The van der Waals surface area contributed by atoms with Crippen molar-refractivity contribution in [3.63, 3.8) is 0 Å². The van der Waals surface area contributed by atoms with Gasteiger partial charge in [0.15, 0.2) is 6.61 Å². The number of aryl methyl sites for hydroxylation is 1. The average Bonchev–Trinajstić information content (AvgIpc) is 2.85. The third-order valence-corrected chi connectivity index (χ3v) is 6.03. The van der Waals surface area contributed by atoms with Gasteiger partial charge in [-0.25, -0.2) is 0 Å². The highest BCUT2D eigenvalue weighted by Gasteiger charge is 2.31. The van der Waals surface area contributed by atoms with E-state index in [0.29, 0.717) is 25.3 Å². The predicted molar refractivity (Wildman–Crippen MR) is 129 cm³/mol. The van der Waals surface area contributed by atoms with E-state index in [1.807, 2.05) is 67.3 Å². The first kappa shape index (κ1) is 22.6. The minimum atomic E-state index is -0.170. The lowest BCUT2D eigenvalue weighted by atomic mass is 9.87. The summed E-state index contributed by atoms with van der Waals surface area (Å²) in [6.45, 7) is 5.04. The molecule has 1 unspecified atom stereocenters. The SMILES string of the molecule is CCC(=O)N1CCc2ccc(OCC(=O)NCc3cccc(C)c3)cc2C1c1ccccc1. The van der Waals surface area contributed by atoms with Crippen LogP contribution in [0.5, 0.6) is 5.75 Å². The van der Waals surface area contributed by atoms with E-state index < -0.39 is 0 Å². The summed E-state index contributed by atoms with van der Waals surface area (Å²) in [7, 11) is 0. The van der Waals surface area contributed by atoms with E-state index in [0.717, 1.165) is 28.7 Å². The fraction of sp³-hybridized carbons (Fsp3) is 0.286. The fourth-order valence-electron chi connectivity index (χ4n) is 4.37. The molecule has 0 saturated carbocycles. The lowest BCUT2D eigenvalue weighted by Gasteiger charge is -2.38. The van der Waals surface area contributed by atoms with Gasteiger partial charge in [-0.05, 0) is 47.7 Å². The molecule has 0 radical (unpaired) electrons. The molecule has 3 aromatic carbocycles. The molecule has 0 saturated heterocycles. The monoisotopic (exact) mass is 442 g/mol. The summed E-state index contributed by atoms with van der Waals surface area (Å²) in [6, 6.07) is 23.9. The fourth-order valence-corrected chi connectivity index (χ4v) is 4.37. The van der Waals surface area contributed by atoms with Gasteiger partial charge in [-0.3, -0.25) is 9.59 Å². The van der Waals surface area contributed by atoms with Crippen LogP contribution < -0.4 is 10.1 Å². The van der Waals surface area contributed by atoms with Gasteiger partial charge < -0.3 is 15.0 Å². The zero-order valence-corrected chi connectivity index (χ0v) is 19.2. The van der Waals surface area contributed by atoms with Crippen molar-refractivity contribution in [1.29, 1.82) is 0 Å². The quantitative estimate of drug-likeness (QED) is 0.583. The second-order valence-electron chi connectivity index (χ2n) is 8.42. The Bertz CT molecular complexity index is 1130. The molecule has 5 nitrogen and oxygen atoms in total. The van der Waals surface area contributed by atoms with Crippen molar-refractivity contribution in [2.75, 3.05) is 13.2 Å². The lowest BCUT2D eigenvalue weighted by molar-refractivity contribution is -0.133. The van der Waals surface area contributed by atoms with E-state index in [1.54, 1.807) is 0 Å². The molecule has 0 bridgehead atoms. The molecule has 33 heavy (non-hydrogen) atoms. The minimum absolute atomic E-state index is 0.0573. The molecule has 0 spiro atoms. The highest BCUT2D eigenvalue weighted by molar-refractivity contribution is 5.78. The molecule has 1 N–H and O–H groups in total. The smallest absolute Gasteiger partial charge is 0.258 e. The first-order valence-corrected chi connectivity index (χ1v) is 11.5. The van der Waals surface area contributed by atoms with Crippen LogP contribution >= 0.6 is 0 Å². The maximum atomic E-state index is 12.7. The van der Waals surface area contributed by atoms with Crippen molar-refractivity contribution < 1.29 is 14.3 Å². The van der Waals surface area contributed by atoms with Crippen LogP contribution in [0, 0.1) is 6.92 Å². The molecule has 1 aliphatic heterocycles. The van der Waals surface area contributed by atoms with Gasteiger partial charge in [0.2, 0.25) is 5.91 Å². The van der Waals surface area contributed by atoms with E-state index >= 15 is 0 Å². The molecule has 0 aromatic heterocycles. The lowest BCUT2D eigenvalue weighted by Crippen LogP contribution is -2.40. The summed E-state index contributed by atoms with van der Waals surface area (Å²) in [4.78, 5) is 27.0. The Morgan fingerprint density at radius 3 is 2.61 bits per heavy atom. The van der Waals surface area contributed by atoms with Crippen LogP contribution in [0.1, 0.15) is 47.2 Å². The maximum Gasteiger partial charge on any atom is 0.258 e. The van der Waals surface area contributed by atoms with Crippen molar-refractivity contribution >= 4 is 11.8 Å². The molecular formula is C28H30N2O3. The van der Waals surface area contributed by atoms with Crippen LogP contribution in [0.4, 0.5) is 0 Å². The van der Waals surface area contributed by atoms with Crippen LogP contribution in [-0.2, 0) is 22.6 Å². The molecule has 170 valence electrons. The van der Waals surface area contributed by atoms with Crippen LogP contribution in [-0.4, -0.2) is 29.9 Å². The third-order valence-electron chi connectivity index (χ3n) is 6.03.